The van der Waals surface area contributed by atoms with Crippen LogP contribution in [0.15, 0.2) is 23.0 Å². The summed E-state index contributed by atoms with van der Waals surface area (Å²) in [6.07, 6.45) is 2.16. The number of nitrogens with one attached hydrogen (secondary N) is 1. The second kappa shape index (κ2) is 2.69. The molecule has 1 amide bonds. The van der Waals surface area contributed by atoms with Crippen LogP contribution in [-0.4, -0.2) is 17.3 Å². The molecule has 0 aromatic rings. The number of carbonyl (C=O) groups is 1. The third-order valence-electron chi connectivity index (χ3n) is 2.05. The highest BCUT2D eigenvalue weighted by Crippen LogP contribution is 2.32. The predicted molar refractivity (Wildman–Crippen MR) is 46.6 cm³/mol. The van der Waals surface area contributed by atoms with E-state index in [1.165, 1.54) is 6.08 Å². The van der Waals surface area contributed by atoms with Crippen molar-refractivity contribution < 1.29 is 9.18 Å². The van der Waals surface area contributed by atoms with Crippen LogP contribution in [0.1, 0.15) is 6.42 Å². The first-order valence-electron chi connectivity index (χ1n) is 3.70. The van der Waals surface area contributed by atoms with Gasteiger partial charge in [0, 0.05) is 11.4 Å². The molecule has 12 heavy (non-hydrogen) atoms. The monoisotopic (exact) mass is 231 g/mol. The summed E-state index contributed by atoms with van der Waals surface area (Å²) in [5, 5.41) is 2.60. The van der Waals surface area contributed by atoms with Gasteiger partial charge in [0.25, 0.3) is 5.91 Å². The lowest BCUT2D eigenvalue weighted by Crippen LogP contribution is -2.17. The van der Waals surface area contributed by atoms with Gasteiger partial charge >= 0.3 is 0 Å². The molecule has 1 heterocycles. The van der Waals surface area contributed by atoms with Crippen LogP contribution in [0.5, 0.6) is 0 Å². The Bertz CT molecular complexity index is 308. The van der Waals surface area contributed by atoms with Crippen molar-refractivity contribution in [2.75, 3.05) is 6.54 Å². The molecule has 2 aliphatic rings. The average molecular weight is 232 g/mol. The molecule has 1 unspecified atom stereocenters. The highest BCUT2D eigenvalue weighted by Gasteiger charge is 2.30. The van der Waals surface area contributed by atoms with Gasteiger partial charge < -0.3 is 5.32 Å². The maximum Gasteiger partial charge on any atom is 0.254 e. The van der Waals surface area contributed by atoms with Crippen LogP contribution < -0.4 is 5.32 Å². The zero-order valence-corrected chi connectivity index (χ0v) is 7.82. The molecule has 0 saturated carbocycles. The normalized spacial score (nSPS) is 28.3. The van der Waals surface area contributed by atoms with E-state index in [9.17, 15) is 9.18 Å². The Kier molecular flexibility index (Phi) is 1.79. The Morgan fingerprint density at radius 3 is 3.17 bits per heavy atom. The third-order valence-corrected chi connectivity index (χ3v) is 2.64. The highest BCUT2D eigenvalue weighted by molar-refractivity contribution is 9.09. The minimum Gasteiger partial charge on any atom is -0.348 e. The van der Waals surface area contributed by atoms with Crippen LogP contribution in [0.25, 0.3) is 0 Å². The third kappa shape index (κ3) is 1.10. The molecule has 0 aromatic carbocycles. The summed E-state index contributed by atoms with van der Waals surface area (Å²) in [4.78, 5) is 11.1. The lowest BCUT2D eigenvalue weighted by atomic mass is 9.99. The van der Waals surface area contributed by atoms with Crippen molar-refractivity contribution in [3.8, 4) is 0 Å². The molecule has 2 nitrogen and oxygen atoms in total. The van der Waals surface area contributed by atoms with Crippen molar-refractivity contribution in [3.63, 3.8) is 0 Å². The van der Waals surface area contributed by atoms with Gasteiger partial charge in [0.15, 0.2) is 0 Å². The van der Waals surface area contributed by atoms with Gasteiger partial charge in [0.05, 0.1) is 5.57 Å². The van der Waals surface area contributed by atoms with Gasteiger partial charge in [-0.05, 0) is 18.1 Å². The van der Waals surface area contributed by atoms with Gasteiger partial charge in [-0.2, -0.15) is 0 Å². The van der Waals surface area contributed by atoms with Crippen LogP contribution in [0.2, 0.25) is 0 Å². The van der Waals surface area contributed by atoms with Crippen LogP contribution in [0.3, 0.4) is 0 Å². The number of amides is 1. The maximum absolute atomic E-state index is 13.2. The zero-order chi connectivity index (χ0) is 8.72. The molecular weight excluding hydrogens is 225 g/mol. The van der Waals surface area contributed by atoms with Crippen LogP contribution >= 0.6 is 15.9 Å². The molecule has 4 heteroatoms. The number of carbonyl (C=O) groups excluding carboxylic acids is 1. The van der Waals surface area contributed by atoms with E-state index in [4.69, 9.17) is 0 Å². The first kappa shape index (κ1) is 7.98. The van der Waals surface area contributed by atoms with E-state index in [0.29, 0.717) is 6.54 Å². The van der Waals surface area contributed by atoms with Crippen molar-refractivity contribution in [1.29, 1.82) is 0 Å². The van der Waals surface area contributed by atoms with E-state index in [2.05, 4.69) is 21.2 Å². The number of halogens is 2. The molecule has 1 aliphatic heterocycles. The largest absolute Gasteiger partial charge is 0.348 e. The predicted octanol–water partition coefficient (Wildman–Crippen LogP) is 1.43. The summed E-state index contributed by atoms with van der Waals surface area (Å²) in [6.45, 7) is 0.498. The van der Waals surface area contributed by atoms with Crippen molar-refractivity contribution in [3.05, 3.63) is 23.0 Å². The zero-order valence-electron chi connectivity index (χ0n) is 6.23. The van der Waals surface area contributed by atoms with E-state index in [1.54, 1.807) is 0 Å². The number of hydrogen-bond donors (Lipinski definition) is 1. The minimum absolute atomic E-state index is 0.0314. The first-order valence-corrected chi connectivity index (χ1v) is 4.62. The molecule has 2 rings (SSSR count). The number of allylic oxidation sites excluding steroid dienone is 1. The molecule has 0 bridgehead atoms. The quantitative estimate of drug-likeness (QED) is 0.629. The summed E-state index contributed by atoms with van der Waals surface area (Å²) < 4.78 is 13.2. The smallest absolute Gasteiger partial charge is 0.254 e. The molecule has 1 N–H and O–H groups in total. The van der Waals surface area contributed by atoms with Gasteiger partial charge in [0.2, 0.25) is 0 Å². The Morgan fingerprint density at radius 1 is 1.67 bits per heavy atom. The lowest BCUT2D eigenvalue weighted by molar-refractivity contribution is -0.116. The Morgan fingerprint density at radius 2 is 2.42 bits per heavy atom. The van der Waals surface area contributed by atoms with Crippen molar-refractivity contribution in [1.82, 2.24) is 5.32 Å². The van der Waals surface area contributed by atoms with Crippen LogP contribution in [-0.2, 0) is 4.79 Å². The summed E-state index contributed by atoms with van der Waals surface area (Å²) in [5.74, 6) is -0.675. The summed E-state index contributed by atoms with van der Waals surface area (Å²) in [7, 11) is 0. The minimum atomic E-state index is -0.395. The summed E-state index contributed by atoms with van der Waals surface area (Å²) >= 11 is 3.30. The van der Waals surface area contributed by atoms with Crippen molar-refractivity contribution in [2.24, 2.45) is 0 Å². The molecule has 0 aromatic heterocycles. The van der Waals surface area contributed by atoms with Gasteiger partial charge in [-0.15, -0.1) is 0 Å². The van der Waals surface area contributed by atoms with Gasteiger partial charge in [-0.3, -0.25) is 4.79 Å². The SMILES string of the molecule is O=C1NCC2=C1C(F)=CC(Br)C2. The molecular formula is C8H7BrFNO. The average Bonchev–Trinajstić information content (AvgIpc) is 2.31. The molecule has 1 aliphatic carbocycles. The van der Waals surface area contributed by atoms with Gasteiger partial charge in [-0.1, -0.05) is 15.9 Å². The fourth-order valence-corrected chi connectivity index (χ4v) is 2.14. The molecule has 0 saturated heterocycles. The molecule has 0 fully saturated rings. The van der Waals surface area contributed by atoms with Gasteiger partial charge in [-0.25, -0.2) is 4.39 Å². The van der Waals surface area contributed by atoms with Gasteiger partial charge in [0.1, 0.15) is 5.83 Å². The molecule has 0 radical (unpaired) electrons. The van der Waals surface area contributed by atoms with E-state index >= 15 is 0 Å². The number of rotatable bonds is 0. The molecule has 0 spiro atoms. The Labute approximate surface area is 77.6 Å². The maximum atomic E-state index is 13.2. The molecule has 64 valence electrons. The fraction of sp³-hybridized carbons (Fsp3) is 0.375. The number of hydrogen-bond acceptors (Lipinski definition) is 1. The second-order valence-corrected chi connectivity index (χ2v) is 4.07. The molecule has 1 atom stereocenters. The van der Waals surface area contributed by atoms with Crippen molar-refractivity contribution >= 4 is 21.8 Å². The van der Waals surface area contributed by atoms with Crippen LogP contribution in [0.4, 0.5) is 4.39 Å². The summed E-state index contributed by atoms with van der Waals surface area (Å²) in [6, 6.07) is 0. The topological polar surface area (TPSA) is 29.1 Å². The fourth-order valence-electron chi connectivity index (χ4n) is 1.51. The van der Waals surface area contributed by atoms with Crippen molar-refractivity contribution in [2.45, 2.75) is 11.2 Å². The summed E-state index contributed by atoms with van der Waals surface area (Å²) in [5.41, 5.74) is 1.13. The Hall–Kier alpha value is -0.640. The van der Waals surface area contributed by atoms with E-state index in [1.807, 2.05) is 0 Å². The van der Waals surface area contributed by atoms with Crippen LogP contribution in [0, 0.1) is 0 Å². The first-order chi connectivity index (χ1) is 5.68. The standard InChI is InChI=1S/C8H7BrFNO/c9-5-1-4-3-11-8(12)7(4)6(10)2-5/h2,5H,1,3H2,(H,11,12). The highest BCUT2D eigenvalue weighted by atomic mass is 79.9. The van der Waals surface area contributed by atoms with E-state index < -0.39 is 5.83 Å². The van der Waals surface area contributed by atoms with E-state index in [-0.39, 0.29) is 16.3 Å². The lowest BCUT2D eigenvalue weighted by Gasteiger charge is -2.12. The number of alkyl halides is 1. The Balaban J connectivity index is 2.41. The van der Waals surface area contributed by atoms with E-state index in [0.717, 1.165) is 12.0 Å². The second-order valence-electron chi connectivity index (χ2n) is 2.90.